The molecule has 0 spiro atoms. The van der Waals surface area contributed by atoms with Crippen molar-refractivity contribution in [2.75, 3.05) is 13.1 Å². The summed E-state index contributed by atoms with van der Waals surface area (Å²) in [5.74, 6) is 0.472. The maximum absolute atomic E-state index is 12.5. The predicted molar refractivity (Wildman–Crippen MR) is 87.0 cm³/mol. The molecule has 1 amide bonds. The maximum atomic E-state index is 12.5. The molecule has 0 bridgehead atoms. The normalized spacial score (nSPS) is 22.1. The van der Waals surface area contributed by atoms with Crippen LogP contribution in [0.2, 0.25) is 0 Å². The van der Waals surface area contributed by atoms with E-state index < -0.39 is 0 Å². The molecular formula is C15H21N9O. The van der Waals surface area contributed by atoms with Gasteiger partial charge < -0.3 is 5.32 Å². The molecule has 2 unspecified atom stereocenters. The molecular weight excluding hydrogens is 322 g/mol. The summed E-state index contributed by atoms with van der Waals surface area (Å²) in [6, 6.07) is 0. The van der Waals surface area contributed by atoms with Gasteiger partial charge in [-0.05, 0) is 42.2 Å². The summed E-state index contributed by atoms with van der Waals surface area (Å²) >= 11 is 0. The van der Waals surface area contributed by atoms with Gasteiger partial charge in [-0.25, -0.2) is 20.1 Å². The first-order chi connectivity index (χ1) is 12.2. The second-order valence-electron chi connectivity index (χ2n) is 6.41. The quantitative estimate of drug-likeness (QED) is 0.621. The fourth-order valence-corrected chi connectivity index (χ4v) is 3.49. The Bertz CT molecular complexity index is 761. The van der Waals surface area contributed by atoms with Gasteiger partial charge in [0.1, 0.15) is 18.3 Å². The molecule has 132 valence electrons. The molecule has 1 aliphatic carbocycles. The Kier molecular flexibility index (Phi) is 4.36. The van der Waals surface area contributed by atoms with E-state index in [-0.39, 0.29) is 18.0 Å². The molecule has 10 nitrogen and oxygen atoms in total. The van der Waals surface area contributed by atoms with E-state index in [0.29, 0.717) is 19.5 Å². The third-order valence-corrected chi connectivity index (χ3v) is 4.77. The molecule has 3 heterocycles. The zero-order valence-electron chi connectivity index (χ0n) is 14.1. The third-order valence-electron chi connectivity index (χ3n) is 4.77. The van der Waals surface area contributed by atoms with Crippen LogP contribution in [-0.2, 0) is 24.1 Å². The highest BCUT2D eigenvalue weighted by Crippen LogP contribution is 2.22. The largest absolute Gasteiger partial charge is 0.355 e. The Hall–Kier alpha value is -2.46. The van der Waals surface area contributed by atoms with Crippen LogP contribution in [0.4, 0.5) is 0 Å². The summed E-state index contributed by atoms with van der Waals surface area (Å²) in [4.78, 5) is 21.7. The average Bonchev–Trinajstić information content (AvgIpc) is 3.34. The SMILES string of the molecule is Cc1nc(CCNC(=O)C2CNNC2n2cnnn2)nc2c1CCC2. The number of carbonyl (C=O) groups is 1. The van der Waals surface area contributed by atoms with Crippen LogP contribution in [0.1, 0.15) is 35.4 Å². The van der Waals surface area contributed by atoms with Crippen molar-refractivity contribution in [3.63, 3.8) is 0 Å². The Balaban J connectivity index is 1.34. The van der Waals surface area contributed by atoms with Crippen molar-refractivity contribution in [3.05, 3.63) is 29.1 Å². The minimum absolute atomic E-state index is 0.0455. The number of fused-ring (bicyclic) bond motifs is 1. The van der Waals surface area contributed by atoms with Gasteiger partial charge in [0.15, 0.2) is 0 Å². The van der Waals surface area contributed by atoms with Gasteiger partial charge in [-0.2, -0.15) is 0 Å². The Morgan fingerprint density at radius 2 is 2.32 bits per heavy atom. The molecule has 1 fully saturated rings. The van der Waals surface area contributed by atoms with Crippen LogP contribution in [0.3, 0.4) is 0 Å². The second kappa shape index (κ2) is 6.81. The van der Waals surface area contributed by atoms with Gasteiger partial charge in [0.05, 0.1) is 5.92 Å². The van der Waals surface area contributed by atoms with Crippen molar-refractivity contribution in [2.24, 2.45) is 5.92 Å². The van der Waals surface area contributed by atoms with E-state index in [1.54, 1.807) is 0 Å². The zero-order chi connectivity index (χ0) is 17.2. The lowest BCUT2D eigenvalue weighted by Crippen LogP contribution is -2.38. The van der Waals surface area contributed by atoms with Crippen LogP contribution in [0.5, 0.6) is 0 Å². The van der Waals surface area contributed by atoms with Crippen LogP contribution < -0.4 is 16.2 Å². The van der Waals surface area contributed by atoms with Crippen molar-refractivity contribution in [2.45, 2.75) is 38.8 Å². The first-order valence-corrected chi connectivity index (χ1v) is 8.56. The highest BCUT2D eigenvalue weighted by Gasteiger charge is 2.34. The number of carbonyl (C=O) groups excluding carboxylic acids is 1. The zero-order valence-corrected chi connectivity index (χ0v) is 14.1. The summed E-state index contributed by atoms with van der Waals surface area (Å²) in [6.07, 6.45) is 5.09. The van der Waals surface area contributed by atoms with Gasteiger partial charge in [-0.15, -0.1) is 5.10 Å². The number of hydrogen-bond acceptors (Lipinski definition) is 8. The summed E-state index contributed by atoms with van der Waals surface area (Å²) in [5.41, 5.74) is 9.56. The maximum Gasteiger partial charge on any atom is 0.228 e. The minimum Gasteiger partial charge on any atom is -0.355 e. The minimum atomic E-state index is -0.298. The Labute approximate surface area is 144 Å². The van der Waals surface area contributed by atoms with Crippen LogP contribution >= 0.6 is 0 Å². The van der Waals surface area contributed by atoms with Gasteiger partial charge in [-0.1, -0.05) is 0 Å². The van der Waals surface area contributed by atoms with Crippen molar-refractivity contribution in [3.8, 4) is 0 Å². The molecule has 2 aromatic heterocycles. The van der Waals surface area contributed by atoms with Gasteiger partial charge in [-0.3, -0.25) is 10.2 Å². The van der Waals surface area contributed by atoms with E-state index in [2.05, 4.69) is 41.7 Å². The monoisotopic (exact) mass is 343 g/mol. The highest BCUT2D eigenvalue weighted by molar-refractivity contribution is 5.79. The summed E-state index contributed by atoms with van der Waals surface area (Å²) in [5, 5.41) is 14.1. The Morgan fingerprint density at radius 3 is 3.16 bits per heavy atom. The van der Waals surface area contributed by atoms with Crippen molar-refractivity contribution in [1.29, 1.82) is 0 Å². The fraction of sp³-hybridized carbons (Fsp3) is 0.600. The molecule has 0 saturated carbocycles. The second-order valence-corrected chi connectivity index (χ2v) is 6.41. The molecule has 2 aliphatic rings. The molecule has 1 saturated heterocycles. The van der Waals surface area contributed by atoms with Gasteiger partial charge in [0.2, 0.25) is 5.91 Å². The van der Waals surface area contributed by atoms with Gasteiger partial charge in [0, 0.05) is 30.9 Å². The number of tetrazole rings is 1. The number of nitrogens with one attached hydrogen (secondary N) is 3. The third kappa shape index (κ3) is 3.22. The van der Waals surface area contributed by atoms with Crippen molar-refractivity contribution >= 4 is 5.91 Å². The van der Waals surface area contributed by atoms with Crippen molar-refractivity contribution < 1.29 is 4.79 Å². The molecule has 2 atom stereocenters. The molecule has 0 radical (unpaired) electrons. The molecule has 1 aliphatic heterocycles. The van der Waals surface area contributed by atoms with E-state index in [0.717, 1.165) is 30.8 Å². The first-order valence-electron chi connectivity index (χ1n) is 8.56. The lowest BCUT2D eigenvalue weighted by atomic mass is 10.1. The van der Waals surface area contributed by atoms with E-state index >= 15 is 0 Å². The number of nitrogens with zero attached hydrogens (tertiary/aromatic N) is 6. The number of amides is 1. The Morgan fingerprint density at radius 1 is 1.40 bits per heavy atom. The number of hydrazine groups is 1. The summed E-state index contributed by atoms with van der Waals surface area (Å²) in [7, 11) is 0. The molecule has 25 heavy (non-hydrogen) atoms. The first kappa shape index (κ1) is 16.0. The number of aryl methyl sites for hydroxylation is 2. The van der Waals surface area contributed by atoms with Crippen molar-refractivity contribution in [1.82, 2.24) is 46.3 Å². The molecule has 0 aromatic carbocycles. The topological polar surface area (TPSA) is 123 Å². The standard InChI is InChI=1S/C15H21N9O/c1-9-10-3-2-4-12(10)20-13(19-9)5-6-16-15(25)11-7-17-21-14(11)24-8-18-22-23-24/h8,11,14,17,21H,2-7H2,1H3,(H,16,25). The smallest absolute Gasteiger partial charge is 0.228 e. The lowest BCUT2D eigenvalue weighted by Gasteiger charge is -2.17. The number of aromatic nitrogens is 6. The highest BCUT2D eigenvalue weighted by atomic mass is 16.2. The summed E-state index contributed by atoms with van der Waals surface area (Å²) in [6.45, 7) is 3.07. The van der Waals surface area contributed by atoms with E-state index in [1.165, 1.54) is 22.3 Å². The predicted octanol–water partition coefficient (Wildman–Crippen LogP) is -1.16. The average molecular weight is 343 g/mol. The summed E-state index contributed by atoms with van der Waals surface area (Å²) < 4.78 is 1.54. The van der Waals surface area contributed by atoms with Crippen LogP contribution in [0.15, 0.2) is 6.33 Å². The van der Waals surface area contributed by atoms with Gasteiger partial charge >= 0.3 is 0 Å². The van der Waals surface area contributed by atoms with E-state index in [9.17, 15) is 4.79 Å². The van der Waals surface area contributed by atoms with Crippen LogP contribution in [0.25, 0.3) is 0 Å². The molecule has 3 N–H and O–H groups in total. The fourth-order valence-electron chi connectivity index (χ4n) is 3.49. The number of hydrogen-bond donors (Lipinski definition) is 3. The molecule has 2 aromatic rings. The van der Waals surface area contributed by atoms with E-state index in [4.69, 9.17) is 0 Å². The van der Waals surface area contributed by atoms with Gasteiger partial charge in [0.25, 0.3) is 0 Å². The van der Waals surface area contributed by atoms with Crippen LogP contribution in [-0.4, -0.2) is 49.2 Å². The van der Waals surface area contributed by atoms with E-state index in [1.807, 2.05) is 6.92 Å². The number of rotatable bonds is 5. The lowest BCUT2D eigenvalue weighted by molar-refractivity contribution is -0.125. The van der Waals surface area contributed by atoms with Crippen LogP contribution in [0, 0.1) is 12.8 Å². The molecule has 4 rings (SSSR count). The molecule has 10 heteroatoms.